The highest BCUT2D eigenvalue weighted by molar-refractivity contribution is 5.28. The number of aromatic hydroxyl groups is 1. The van der Waals surface area contributed by atoms with Crippen LogP contribution >= 0.6 is 0 Å². The van der Waals surface area contributed by atoms with E-state index in [1.54, 1.807) is 0 Å². The van der Waals surface area contributed by atoms with E-state index in [1.807, 2.05) is 12.1 Å². The highest BCUT2D eigenvalue weighted by atomic mass is 16.3. The highest BCUT2D eigenvalue weighted by Gasteiger charge is 2.26. The molecule has 0 radical (unpaired) electrons. The molecule has 0 atom stereocenters. The number of rotatable bonds is 2. The lowest BCUT2D eigenvalue weighted by atomic mass is 9.87. The number of piperidine rings is 1. The zero-order valence-electron chi connectivity index (χ0n) is 11.7. The van der Waals surface area contributed by atoms with E-state index in [0.717, 1.165) is 6.04 Å². The molecule has 2 heteroatoms. The van der Waals surface area contributed by atoms with E-state index in [9.17, 15) is 5.11 Å². The van der Waals surface area contributed by atoms with Gasteiger partial charge >= 0.3 is 0 Å². The van der Waals surface area contributed by atoms with E-state index in [4.69, 9.17) is 0 Å². The van der Waals surface area contributed by atoms with Crippen LogP contribution in [0, 0.1) is 0 Å². The van der Waals surface area contributed by atoms with Crippen LogP contribution in [0.1, 0.15) is 56.4 Å². The molecule has 3 rings (SSSR count). The van der Waals surface area contributed by atoms with Gasteiger partial charge in [0.1, 0.15) is 5.75 Å². The molecule has 1 N–H and O–H groups in total. The molecule has 1 heterocycles. The van der Waals surface area contributed by atoms with Crippen LogP contribution in [0.4, 0.5) is 0 Å². The smallest absolute Gasteiger partial charge is 0.115 e. The van der Waals surface area contributed by atoms with Crippen LogP contribution in [0.15, 0.2) is 24.3 Å². The van der Waals surface area contributed by atoms with E-state index in [-0.39, 0.29) is 0 Å². The van der Waals surface area contributed by atoms with Gasteiger partial charge in [-0.25, -0.2) is 0 Å². The van der Waals surface area contributed by atoms with Crippen LogP contribution in [-0.4, -0.2) is 29.1 Å². The van der Waals surface area contributed by atoms with Crippen LogP contribution in [-0.2, 0) is 0 Å². The van der Waals surface area contributed by atoms with Gasteiger partial charge in [-0.3, -0.25) is 0 Å². The first-order valence-corrected chi connectivity index (χ1v) is 7.86. The van der Waals surface area contributed by atoms with Gasteiger partial charge in [0, 0.05) is 6.04 Å². The molecule has 1 aromatic carbocycles. The number of benzene rings is 1. The Morgan fingerprint density at radius 1 is 0.842 bits per heavy atom. The van der Waals surface area contributed by atoms with E-state index < -0.39 is 0 Å². The number of hydrogen-bond donors (Lipinski definition) is 1. The molecule has 2 aliphatic rings. The lowest BCUT2D eigenvalue weighted by molar-refractivity contribution is 0.122. The maximum Gasteiger partial charge on any atom is 0.115 e. The van der Waals surface area contributed by atoms with Gasteiger partial charge in [0.05, 0.1) is 0 Å². The van der Waals surface area contributed by atoms with Gasteiger partial charge in [-0.05, 0) is 62.4 Å². The summed E-state index contributed by atoms with van der Waals surface area (Å²) >= 11 is 0. The number of hydrogen-bond acceptors (Lipinski definition) is 2. The van der Waals surface area contributed by atoms with E-state index >= 15 is 0 Å². The molecule has 1 aromatic rings. The molecule has 0 bridgehead atoms. The first-order chi connectivity index (χ1) is 9.33. The van der Waals surface area contributed by atoms with Crippen molar-refractivity contribution >= 4 is 0 Å². The Kier molecular flexibility index (Phi) is 4.07. The second-order valence-corrected chi connectivity index (χ2v) is 6.19. The first kappa shape index (κ1) is 13.0. The highest BCUT2D eigenvalue weighted by Crippen LogP contribution is 2.32. The SMILES string of the molecule is Oc1ccc(C2CCN(C3CCCCC3)CC2)cc1. The van der Waals surface area contributed by atoms with Crippen LogP contribution < -0.4 is 0 Å². The average molecular weight is 259 g/mol. The van der Waals surface area contributed by atoms with Crippen molar-refractivity contribution in [2.24, 2.45) is 0 Å². The van der Waals surface area contributed by atoms with Crippen molar-refractivity contribution < 1.29 is 5.11 Å². The fourth-order valence-electron chi connectivity index (χ4n) is 3.79. The van der Waals surface area contributed by atoms with Crippen LogP contribution in [0.5, 0.6) is 5.75 Å². The topological polar surface area (TPSA) is 23.5 Å². The Morgan fingerprint density at radius 2 is 1.47 bits per heavy atom. The zero-order valence-corrected chi connectivity index (χ0v) is 11.7. The lowest BCUT2D eigenvalue weighted by Gasteiger charge is -2.39. The summed E-state index contributed by atoms with van der Waals surface area (Å²) in [4.78, 5) is 2.73. The maximum absolute atomic E-state index is 9.36. The third-order valence-corrected chi connectivity index (χ3v) is 4.99. The molecule has 19 heavy (non-hydrogen) atoms. The first-order valence-electron chi connectivity index (χ1n) is 7.86. The summed E-state index contributed by atoms with van der Waals surface area (Å²) in [7, 11) is 0. The van der Waals surface area contributed by atoms with Crippen molar-refractivity contribution in [3.63, 3.8) is 0 Å². The summed E-state index contributed by atoms with van der Waals surface area (Å²) in [5.74, 6) is 1.07. The molecule has 1 saturated carbocycles. The molecule has 2 nitrogen and oxygen atoms in total. The summed E-state index contributed by atoms with van der Waals surface area (Å²) in [6, 6.07) is 8.70. The third kappa shape index (κ3) is 3.11. The average Bonchev–Trinajstić information content (AvgIpc) is 2.49. The molecular formula is C17H25NO. The van der Waals surface area contributed by atoms with E-state index in [0.29, 0.717) is 11.7 Å². The molecule has 1 saturated heterocycles. The molecule has 0 spiro atoms. The summed E-state index contributed by atoms with van der Waals surface area (Å²) in [6.07, 6.45) is 9.71. The van der Waals surface area contributed by atoms with Crippen LogP contribution in [0.2, 0.25) is 0 Å². The Hall–Kier alpha value is -1.02. The van der Waals surface area contributed by atoms with Crippen molar-refractivity contribution in [2.45, 2.75) is 56.9 Å². The quantitative estimate of drug-likeness (QED) is 0.870. The fourth-order valence-corrected chi connectivity index (χ4v) is 3.79. The molecule has 0 aromatic heterocycles. The Labute approximate surface area is 116 Å². The minimum absolute atomic E-state index is 0.378. The Bertz CT molecular complexity index is 386. The molecule has 2 fully saturated rings. The van der Waals surface area contributed by atoms with Gasteiger partial charge in [0.15, 0.2) is 0 Å². The Morgan fingerprint density at radius 3 is 2.11 bits per heavy atom. The van der Waals surface area contributed by atoms with Gasteiger partial charge in [0.2, 0.25) is 0 Å². The van der Waals surface area contributed by atoms with Crippen LogP contribution in [0.3, 0.4) is 0 Å². The molecule has 0 unspecified atom stereocenters. The van der Waals surface area contributed by atoms with Crippen molar-refractivity contribution in [1.29, 1.82) is 0 Å². The van der Waals surface area contributed by atoms with Crippen molar-refractivity contribution in [2.75, 3.05) is 13.1 Å². The third-order valence-electron chi connectivity index (χ3n) is 4.99. The molecule has 1 aliphatic heterocycles. The number of likely N-dealkylation sites (tertiary alicyclic amines) is 1. The van der Waals surface area contributed by atoms with Crippen LogP contribution in [0.25, 0.3) is 0 Å². The van der Waals surface area contributed by atoms with Crippen molar-refractivity contribution in [1.82, 2.24) is 4.90 Å². The standard InChI is InChI=1S/C17H25NO/c19-17-8-6-14(7-9-17)15-10-12-18(13-11-15)16-4-2-1-3-5-16/h6-9,15-16,19H,1-5,10-13H2. The monoisotopic (exact) mass is 259 g/mol. The van der Waals surface area contributed by atoms with Crippen molar-refractivity contribution in [3.05, 3.63) is 29.8 Å². The normalized spacial score (nSPS) is 23.6. The summed E-state index contributed by atoms with van der Waals surface area (Å²) < 4.78 is 0. The minimum Gasteiger partial charge on any atom is -0.508 e. The largest absolute Gasteiger partial charge is 0.508 e. The van der Waals surface area contributed by atoms with Gasteiger partial charge < -0.3 is 10.0 Å². The second kappa shape index (κ2) is 5.96. The summed E-state index contributed by atoms with van der Waals surface area (Å²) in [6.45, 7) is 2.52. The predicted octanol–water partition coefficient (Wildman–Crippen LogP) is 3.90. The van der Waals surface area contributed by atoms with E-state index in [1.165, 1.54) is 63.6 Å². The Balaban J connectivity index is 1.55. The van der Waals surface area contributed by atoms with Gasteiger partial charge in [-0.15, -0.1) is 0 Å². The summed E-state index contributed by atoms with van der Waals surface area (Å²) in [5, 5.41) is 9.36. The van der Waals surface area contributed by atoms with Crippen molar-refractivity contribution in [3.8, 4) is 5.75 Å². The number of nitrogens with zero attached hydrogens (tertiary/aromatic N) is 1. The lowest BCUT2D eigenvalue weighted by Crippen LogP contribution is -2.41. The predicted molar refractivity (Wildman–Crippen MR) is 78.5 cm³/mol. The summed E-state index contributed by atoms with van der Waals surface area (Å²) in [5.41, 5.74) is 1.40. The second-order valence-electron chi connectivity index (χ2n) is 6.19. The maximum atomic E-state index is 9.36. The van der Waals surface area contributed by atoms with E-state index in [2.05, 4.69) is 17.0 Å². The fraction of sp³-hybridized carbons (Fsp3) is 0.647. The number of phenolic OH excluding ortho intramolecular Hbond substituents is 1. The van der Waals surface area contributed by atoms with Gasteiger partial charge in [-0.2, -0.15) is 0 Å². The van der Waals surface area contributed by atoms with Gasteiger partial charge in [-0.1, -0.05) is 31.4 Å². The number of phenols is 1. The molecule has 0 amide bonds. The molecular weight excluding hydrogens is 234 g/mol. The molecule has 1 aliphatic carbocycles. The molecule has 104 valence electrons. The van der Waals surface area contributed by atoms with Gasteiger partial charge in [0.25, 0.3) is 0 Å². The minimum atomic E-state index is 0.378. The zero-order chi connectivity index (χ0) is 13.1.